The quantitative estimate of drug-likeness (QED) is 0.444. The topological polar surface area (TPSA) is 0 Å². The molecular weight excluding hydrogens is 168 g/mol. The minimum atomic E-state index is 0. The molecule has 0 amide bonds. The minimum Gasteiger partial charge on any atom is -0.0891 e. The van der Waals surface area contributed by atoms with Gasteiger partial charge in [0, 0.05) is 4.83 Å². The Balaban J connectivity index is 0. The van der Waals surface area contributed by atoms with Gasteiger partial charge in [-0.1, -0.05) is 29.8 Å². The van der Waals surface area contributed by atoms with Crippen LogP contribution in [0.4, 0.5) is 0 Å². The Morgan fingerprint density at radius 3 is 1.57 bits per heavy atom. The highest BCUT2D eigenvalue weighted by atomic mass is 79.9. The SMILES string of the molecule is CCC(Br)CC.[SiH4]. The molecule has 7 heavy (non-hydrogen) atoms. The Morgan fingerprint density at radius 1 is 1.29 bits per heavy atom. The summed E-state index contributed by atoms with van der Waals surface area (Å²) in [4.78, 5) is 0.748. The highest BCUT2D eigenvalue weighted by molar-refractivity contribution is 9.09. The molecule has 0 nitrogen and oxygen atoms in total. The lowest BCUT2D eigenvalue weighted by Crippen LogP contribution is -1.88. The second-order valence-corrected chi connectivity index (χ2v) is 2.71. The lowest BCUT2D eigenvalue weighted by molar-refractivity contribution is 0.806. The van der Waals surface area contributed by atoms with E-state index in [1.54, 1.807) is 0 Å². The molecule has 2 heteroatoms. The van der Waals surface area contributed by atoms with E-state index in [9.17, 15) is 0 Å². The van der Waals surface area contributed by atoms with Crippen molar-refractivity contribution in [3.05, 3.63) is 0 Å². The fourth-order valence-corrected chi connectivity index (χ4v) is 0.289. The molecule has 0 bridgehead atoms. The van der Waals surface area contributed by atoms with Gasteiger partial charge in [-0.25, -0.2) is 0 Å². The molecule has 0 unspecified atom stereocenters. The van der Waals surface area contributed by atoms with Crippen molar-refractivity contribution in [2.45, 2.75) is 31.5 Å². The van der Waals surface area contributed by atoms with Crippen LogP contribution in [-0.4, -0.2) is 15.8 Å². The van der Waals surface area contributed by atoms with E-state index in [1.165, 1.54) is 12.8 Å². The van der Waals surface area contributed by atoms with E-state index < -0.39 is 0 Å². The zero-order valence-corrected chi connectivity index (χ0v) is 5.96. The molecule has 0 radical (unpaired) electrons. The van der Waals surface area contributed by atoms with Gasteiger partial charge in [0.2, 0.25) is 0 Å². The van der Waals surface area contributed by atoms with Gasteiger partial charge in [0.1, 0.15) is 0 Å². The smallest absolute Gasteiger partial charge is 0.0140 e. The van der Waals surface area contributed by atoms with Gasteiger partial charge in [-0.05, 0) is 23.8 Å². The Bertz CT molecular complexity index is 27.3. The van der Waals surface area contributed by atoms with Gasteiger partial charge < -0.3 is 0 Å². The van der Waals surface area contributed by atoms with E-state index in [-0.39, 0.29) is 11.0 Å². The van der Waals surface area contributed by atoms with Crippen LogP contribution in [0.2, 0.25) is 0 Å². The number of halogens is 1. The molecule has 0 fully saturated rings. The summed E-state index contributed by atoms with van der Waals surface area (Å²) in [6.45, 7) is 4.37. The molecule has 0 aliphatic rings. The first-order valence-corrected chi connectivity index (χ1v) is 3.36. The van der Waals surface area contributed by atoms with Crippen LogP contribution in [0.5, 0.6) is 0 Å². The largest absolute Gasteiger partial charge is 0.0891 e. The van der Waals surface area contributed by atoms with Crippen LogP contribution in [0.25, 0.3) is 0 Å². The molecule has 46 valence electrons. The average Bonchev–Trinajstić information content (AvgIpc) is 1.65. The maximum absolute atomic E-state index is 3.48. The van der Waals surface area contributed by atoms with Crippen LogP contribution in [0, 0.1) is 0 Å². The summed E-state index contributed by atoms with van der Waals surface area (Å²) in [5.41, 5.74) is 0. The summed E-state index contributed by atoms with van der Waals surface area (Å²) in [5.74, 6) is 0. The third-order valence-corrected chi connectivity index (χ3v) is 2.18. The third-order valence-electron chi connectivity index (χ3n) is 0.886. The Hall–Kier alpha value is 0.697. The summed E-state index contributed by atoms with van der Waals surface area (Å²) in [7, 11) is 0. The zero-order valence-electron chi connectivity index (χ0n) is 4.37. The van der Waals surface area contributed by atoms with Crippen molar-refractivity contribution >= 4 is 26.9 Å². The molecule has 0 saturated heterocycles. The third kappa shape index (κ3) is 6.70. The monoisotopic (exact) mass is 182 g/mol. The van der Waals surface area contributed by atoms with Crippen LogP contribution < -0.4 is 0 Å². The number of hydrogen-bond donors (Lipinski definition) is 0. The summed E-state index contributed by atoms with van der Waals surface area (Å²) in [5, 5.41) is 0. The van der Waals surface area contributed by atoms with Gasteiger partial charge in [-0.3, -0.25) is 0 Å². The van der Waals surface area contributed by atoms with Crippen LogP contribution in [-0.2, 0) is 0 Å². The van der Waals surface area contributed by atoms with Gasteiger partial charge in [0.25, 0.3) is 0 Å². The Morgan fingerprint density at radius 2 is 1.57 bits per heavy atom. The molecule has 0 aromatic rings. The van der Waals surface area contributed by atoms with Crippen molar-refractivity contribution in [1.82, 2.24) is 0 Å². The second-order valence-electron chi connectivity index (χ2n) is 1.41. The molecule has 0 atom stereocenters. The van der Waals surface area contributed by atoms with E-state index in [1.807, 2.05) is 0 Å². The lowest BCUT2D eigenvalue weighted by Gasteiger charge is -1.96. The van der Waals surface area contributed by atoms with Crippen LogP contribution >= 0.6 is 15.9 Å². The normalized spacial score (nSPS) is 8.57. The van der Waals surface area contributed by atoms with E-state index in [2.05, 4.69) is 29.8 Å². The molecule has 0 saturated carbocycles. The summed E-state index contributed by atoms with van der Waals surface area (Å²) in [6, 6.07) is 0. The minimum absolute atomic E-state index is 0. The van der Waals surface area contributed by atoms with Gasteiger partial charge >= 0.3 is 0 Å². The Kier molecular flexibility index (Phi) is 10.2. The van der Waals surface area contributed by atoms with Crippen molar-refractivity contribution < 1.29 is 0 Å². The number of hydrogen-bond acceptors (Lipinski definition) is 0. The van der Waals surface area contributed by atoms with Crippen molar-refractivity contribution in [1.29, 1.82) is 0 Å². The molecule has 0 spiro atoms. The van der Waals surface area contributed by atoms with Crippen molar-refractivity contribution in [2.75, 3.05) is 0 Å². The van der Waals surface area contributed by atoms with Crippen LogP contribution in [0.15, 0.2) is 0 Å². The predicted molar refractivity (Wildman–Crippen MR) is 44.6 cm³/mol. The summed E-state index contributed by atoms with van der Waals surface area (Å²) < 4.78 is 0. The molecule has 0 heterocycles. The first kappa shape index (κ1) is 10.6. The van der Waals surface area contributed by atoms with Crippen molar-refractivity contribution in [2.24, 2.45) is 0 Å². The van der Waals surface area contributed by atoms with Crippen molar-refractivity contribution in [3.8, 4) is 0 Å². The van der Waals surface area contributed by atoms with Crippen LogP contribution in [0.1, 0.15) is 26.7 Å². The lowest BCUT2D eigenvalue weighted by atomic mass is 10.3. The van der Waals surface area contributed by atoms with E-state index in [4.69, 9.17) is 0 Å². The van der Waals surface area contributed by atoms with Gasteiger partial charge in [0.15, 0.2) is 0 Å². The summed E-state index contributed by atoms with van der Waals surface area (Å²) >= 11 is 3.48. The van der Waals surface area contributed by atoms with Gasteiger partial charge in [0.05, 0.1) is 0 Å². The molecule has 0 aliphatic heterocycles. The fourth-order valence-electron chi connectivity index (χ4n) is 0.289. The predicted octanol–water partition coefficient (Wildman–Crippen LogP) is 1.12. The fraction of sp³-hybridized carbons (Fsp3) is 1.00. The molecular formula is C5H15BrSi. The summed E-state index contributed by atoms with van der Waals surface area (Å²) in [6.07, 6.45) is 2.49. The number of rotatable bonds is 2. The first-order chi connectivity index (χ1) is 2.81. The first-order valence-electron chi connectivity index (χ1n) is 2.45. The van der Waals surface area contributed by atoms with Crippen LogP contribution in [0.3, 0.4) is 0 Å². The molecule has 0 aliphatic carbocycles. The molecule has 0 rings (SSSR count). The highest BCUT2D eigenvalue weighted by Gasteiger charge is 1.91. The molecule has 0 aromatic heterocycles. The van der Waals surface area contributed by atoms with Gasteiger partial charge in [-0.2, -0.15) is 0 Å². The second kappa shape index (κ2) is 6.70. The Labute approximate surface area is 58.8 Å². The van der Waals surface area contributed by atoms with E-state index in [0.717, 1.165) is 4.83 Å². The standard InChI is InChI=1S/C5H11Br.H4Si/c1-3-5(6)4-2;/h5H,3-4H2,1-2H3;1H4. The molecule has 0 aromatic carbocycles. The van der Waals surface area contributed by atoms with Crippen molar-refractivity contribution in [3.63, 3.8) is 0 Å². The van der Waals surface area contributed by atoms with E-state index >= 15 is 0 Å². The van der Waals surface area contributed by atoms with E-state index in [0.29, 0.717) is 0 Å². The van der Waals surface area contributed by atoms with Gasteiger partial charge in [-0.15, -0.1) is 0 Å². The highest BCUT2D eigenvalue weighted by Crippen LogP contribution is 2.06. The maximum atomic E-state index is 3.48. The molecule has 0 N–H and O–H groups in total. The zero-order chi connectivity index (χ0) is 4.99. The number of alkyl halides is 1. The maximum Gasteiger partial charge on any atom is 0.0140 e. The average molecular weight is 183 g/mol.